The number of para-hydroxylation sites is 1. The molecule has 0 atom stereocenters. The average Bonchev–Trinajstić information content (AvgIpc) is 3.56. The predicted molar refractivity (Wildman–Crippen MR) is 105 cm³/mol. The number of hydrogen-bond donors (Lipinski definition) is 1. The number of rotatable bonds is 7. The normalized spacial score (nSPS) is 13.4. The first-order valence-electron chi connectivity index (χ1n) is 9.03. The lowest BCUT2D eigenvalue weighted by Crippen LogP contribution is -2.06. The van der Waals surface area contributed by atoms with Gasteiger partial charge in [-0.25, -0.2) is 9.97 Å². The van der Waals surface area contributed by atoms with Crippen molar-refractivity contribution in [1.82, 2.24) is 9.97 Å². The topological polar surface area (TPSA) is 65.5 Å². The van der Waals surface area contributed by atoms with Crippen LogP contribution in [0.25, 0.3) is 10.9 Å². The van der Waals surface area contributed by atoms with E-state index in [9.17, 15) is 0 Å². The fourth-order valence-corrected chi connectivity index (χ4v) is 3.18. The molecule has 3 aromatic rings. The van der Waals surface area contributed by atoms with Gasteiger partial charge in [0, 0.05) is 17.8 Å². The van der Waals surface area contributed by atoms with Gasteiger partial charge < -0.3 is 19.5 Å². The molecule has 0 amide bonds. The van der Waals surface area contributed by atoms with Crippen LogP contribution in [0.4, 0.5) is 5.82 Å². The second-order valence-corrected chi connectivity index (χ2v) is 6.61. The van der Waals surface area contributed by atoms with Crippen molar-refractivity contribution in [2.75, 3.05) is 26.6 Å². The number of fused-ring (bicyclic) bond motifs is 1. The number of hydrogen-bond acceptors (Lipinski definition) is 6. The Morgan fingerprint density at radius 3 is 2.30 bits per heavy atom. The second kappa shape index (κ2) is 7.31. The maximum Gasteiger partial charge on any atom is 0.203 e. The van der Waals surface area contributed by atoms with Crippen molar-refractivity contribution >= 4 is 16.7 Å². The van der Waals surface area contributed by atoms with Gasteiger partial charge in [-0.3, -0.25) is 0 Å². The molecule has 4 rings (SSSR count). The molecule has 1 heterocycles. The Balaban J connectivity index is 1.65. The SMILES string of the molecule is COc1cc(CNc2nc(C3CC3)nc3ccccc23)cc(OC)c1OC. The van der Waals surface area contributed by atoms with Gasteiger partial charge >= 0.3 is 0 Å². The van der Waals surface area contributed by atoms with Crippen LogP contribution in [0.3, 0.4) is 0 Å². The summed E-state index contributed by atoms with van der Waals surface area (Å²) in [6, 6.07) is 12.0. The van der Waals surface area contributed by atoms with Crippen LogP contribution in [0.5, 0.6) is 17.2 Å². The van der Waals surface area contributed by atoms with E-state index in [1.807, 2.05) is 36.4 Å². The minimum Gasteiger partial charge on any atom is -0.493 e. The largest absolute Gasteiger partial charge is 0.493 e. The van der Waals surface area contributed by atoms with E-state index in [1.165, 1.54) is 12.8 Å². The molecule has 1 fully saturated rings. The van der Waals surface area contributed by atoms with Crippen LogP contribution in [-0.4, -0.2) is 31.3 Å². The highest BCUT2D eigenvalue weighted by molar-refractivity contribution is 5.89. The number of nitrogens with zero attached hydrogens (tertiary/aromatic N) is 2. The van der Waals surface area contributed by atoms with Gasteiger partial charge in [0.2, 0.25) is 5.75 Å². The third kappa shape index (κ3) is 3.47. The minimum atomic E-state index is 0.497. The Kier molecular flexibility index (Phi) is 4.71. The summed E-state index contributed by atoms with van der Waals surface area (Å²) in [7, 11) is 4.84. The molecule has 1 saturated carbocycles. The third-order valence-electron chi connectivity index (χ3n) is 4.75. The van der Waals surface area contributed by atoms with Gasteiger partial charge in [-0.05, 0) is 42.7 Å². The molecule has 0 saturated heterocycles. The smallest absolute Gasteiger partial charge is 0.203 e. The Morgan fingerprint density at radius 2 is 1.67 bits per heavy atom. The van der Waals surface area contributed by atoms with Crippen LogP contribution in [0.15, 0.2) is 36.4 Å². The zero-order valence-corrected chi connectivity index (χ0v) is 15.8. The molecule has 1 N–H and O–H groups in total. The number of aromatic nitrogens is 2. The van der Waals surface area contributed by atoms with E-state index in [4.69, 9.17) is 24.2 Å². The van der Waals surface area contributed by atoms with Crippen molar-refractivity contribution in [2.45, 2.75) is 25.3 Å². The van der Waals surface area contributed by atoms with E-state index in [-0.39, 0.29) is 0 Å². The number of benzene rings is 2. The summed E-state index contributed by atoms with van der Waals surface area (Å²) in [4.78, 5) is 9.51. The minimum absolute atomic E-state index is 0.497. The Bertz CT molecular complexity index is 945. The van der Waals surface area contributed by atoms with Gasteiger partial charge in [0.15, 0.2) is 11.5 Å². The predicted octanol–water partition coefficient (Wildman–Crippen LogP) is 4.15. The second-order valence-electron chi connectivity index (χ2n) is 6.61. The number of anilines is 1. The quantitative estimate of drug-likeness (QED) is 0.679. The van der Waals surface area contributed by atoms with E-state index in [0.717, 1.165) is 28.1 Å². The molecule has 0 spiro atoms. The van der Waals surface area contributed by atoms with Crippen LogP contribution >= 0.6 is 0 Å². The van der Waals surface area contributed by atoms with Crippen LogP contribution in [0.2, 0.25) is 0 Å². The summed E-state index contributed by atoms with van der Waals surface area (Å²) in [5.74, 6) is 4.15. The lowest BCUT2D eigenvalue weighted by atomic mass is 10.1. The molecule has 1 aliphatic rings. The molecule has 2 aromatic carbocycles. The summed E-state index contributed by atoms with van der Waals surface area (Å²) >= 11 is 0. The number of ether oxygens (including phenoxy) is 3. The highest BCUT2D eigenvalue weighted by Gasteiger charge is 2.27. The highest BCUT2D eigenvalue weighted by Crippen LogP contribution is 2.40. The van der Waals surface area contributed by atoms with Crippen molar-refractivity contribution in [1.29, 1.82) is 0 Å². The van der Waals surface area contributed by atoms with Crippen molar-refractivity contribution in [2.24, 2.45) is 0 Å². The molecule has 0 aliphatic heterocycles. The van der Waals surface area contributed by atoms with Gasteiger partial charge in [-0.1, -0.05) is 12.1 Å². The molecule has 1 aromatic heterocycles. The number of nitrogens with one attached hydrogen (secondary N) is 1. The lowest BCUT2D eigenvalue weighted by Gasteiger charge is -2.15. The van der Waals surface area contributed by atoms with E-state index in [2.05, 4.69) is 5.32 Å². The summed E-state index contributed by atoms with van der Waals surface area (Å²) in [6.07, 6.45) is 2.34. The molecule has 6 nitrogen and oxygen atoms in total. The standard InChI is InChI=1S/C21H23N3O3/c1-25-17-10-13(11-18(26-2)19(17)27-3)12-22-21-15-6-4-5-7-16(15)23-20(24-21)14-8-9-14/h4-7,10-11,14H,8-9,12H2,1-3H3,(H,22,23,24). The molecular formula is C21H23N3O3. The van der Waals surface area contributed by atoms with Crippen molar-refractivity contribution in [3.05, 3.63) is 47.8 Å². The zero-order chi connectivity index (χ0) is 18.8. The third-order valence-corrected chi connectivity index (χ3v) is 4.75. The van der Waals surface area contributed by atoms with Crippen molar-refractivity contribution < 1.29 is 14.2 Å². The van der Waals surface area contributed by atoms with Crippen molar-refractivity contribution in [3.8, 4) is 17.2 Å². The first-order valence-corrected chi connectivity index (χ1v) is 9.03. The van der Waals surface area contributed by atoms with Crippen LogP contribution in [0, 0.1) is 0 Å². The fourth-order valence-electron chi connectivity index (χ4n) is 3.18. The Morgan fingerprint density at radius 1 is 0.963 bits per heavy atom. The molecule has 0 unspecified atom stereocenters. The molecule has 140 valence electrons. The maximum absolute atomic E-state index is 5.44. The molecule has 27 heavy (non-hydrogen) atoms. The Hall–Kier alpha value is -3.02. The summed E-state index contributed by atoms with van der Waals surface area (Å²) in [5.41, 5.74) is 1.99. The van der Waals surface area contributed by atoms with Gasteiger partial charge in [0.05, 0.1) is 26.8 Å². The van der Waals surface area contributed by atoms with Crippen LogP contribution in [0.1, 0.15) is 30.1 Å². The molecule has 0 radical (unpaired) electrons. The van der Waals surface area contributed by atoms with E-state index < -0.39 is 0 Å². The first kappa shape index (κ1) is 17.4. The van der Waals surface area contributed by atoms with Gasteiger partial charge in [-0.15, -0.1) is 0 Å². The number of methoxy groups -OCH3 is 3. The summed E-state index contributed by atoms with van der Waals surface area (Å²) in [5, 5.41) is 4.49. The fraction of sp³-hybridized carbons (Fsp3) is 0.333. The monoisotopic (exact) mass is 365 g/mol. The first-order chi connectivity index (χ1) is 13.2. The zero-order valence-electron chi connectivity index (χ0n) is 15.8. The van der Waals surface area contributed by atoms with Crippen molar-refractivity contribution in [3.63, 3.8) is 0 Å². The Labute approximate surface area is 158 Å². The summed E-state index contributed by atoms with van der Waals surface area (Å²) in [6.45, 7) is 0.585. The van der Waals surface area contributed by atoms with Crippen LogP contribution in [-0.2, 0) is 6.54 Å². The van der Waals surface area contributed by atoms with E-state index >= 15 is 0 Å². The molecular weight excluding hydrogens is 342 g/mol. The average molecular weight is 365 g/mol. The van der Waals surface area contributed by atoms with Crippen LogP contribution < -0.4 is 19.5 Å². The van der Waals surface area contributed by atoms with Gasteiger partial charge in [-0.2, -0.15) is 0 Å². The molecule has 0 bridgehead atoms. The molecule has 6 heteroatoms. The van der Waals surface area contributed by atoms with E-state index in [1.54, 1.807) is 21.3 Å². The lowest BCUT2D eigenvalue weighted by molar-refractivity contribution is 0.324. The molecule has 1 aliphatic carbocycles. The van der Waals surface area contributed by atoms with Gasteiger partial charge in [0.1, 0.15) is 11.6 Å². The van der Waals surface area contributed by atoms with Gasteiger partial charge in [0.25, 0.3) is 0 Å². The van der Waals surface area contributed by atoms with E-state index in [0.29, 0.717) is 29.7 Å². The summed E-state index contributed by atoms with van der Waals surface area (Å²) < 4.78 is 16.3. The maximum atomic E-state index is 5.44. The highest BCUT2D eigenvalue weighted by atomic mass is 16.5.